The first-order chi connectivity index (χ1) is 6.70. The molecule has 0 heterocycles. The fraction of sp³-hybridized carbons (Fsp3) is 0.667. The van der Waals surface area contributed by atoms with Gasteiger partial charge in [-0.25, -0.2) is 0 Å². The molecule has 0 rings (SSSR count). The quantitative estimate of drug-likeness (QED) is 0.349. The molecule has 0 amide bonds. The maximum Gasteiger partial charge on any atom is 0.104 e. The van der Waals surface area contributed by atoms with Crippen molar-refractivity contribution in [3.05, 3.63) is 24.7 Å². The van der Waals surface area contributed by atoms with E-state index in [9.17, 15) is 0 Å². The van der Waals surface area contributed by atoms with Crippen LogP contribution < -0.4 is 0 Å². The smallest absolute Gasteiger partial charge is 0.104 e. The normalized spacial score (nSPS) is 10.9. The lowest BCUT2D eigenvalue weighted by Gasteiger charge is -2.14. The first-order valence-corrected chi connectivity index (χ1v) is 5.96. The van der Waals surface area contributed by atoms with Gasteiger partial charge in [0.1, 0.15) is 5.50 Å². The van der Waals surface area contributed by atoms with Crippen molar-refractivity contribution in [2.45, 2.75) is 40.0 Å². The standard InChI is InChI=1S/C10H19OP.C2H6/c1-4-6-10(7-5-2)8-11-9(3)12;1-2/h4,10H,1,3,5-8,12H2,2H3;1-2H3. The molecule has 0 aromatic rings. The molecule has 84 valence electrons. The maximum atomic E-state index is 5.33. The summed E-state index contributed by atoms with van der Waals surface area (Å²) in [6.45, 7) is 14.3. The third-order valence-electron chi connectivity index (χ3n) is 1.70. The Morgan fingerprint density at radius 2 is 2.07 bits per heavy atom. The van der Waals surface area contributed by atoms with Crippen molar-refractivity contribution in [3.63, 3.8) is 0 Å². The lowest BCUT2D eigenvalue weighted by molar-refractivity contribution is 0.181. The Bertz CT molecular complexity index is 143. The second kappa shape index (κ2) is 12.7. The number of hydrogen-bond donors (Lipinski definition) is 0. The summed E-state index contributed by atoms with van der Waals surface area (Å²) in [6, 6.07) is 0. The van der Waals surface area contributed by atoms with Gasteiger partial charge in [-0.3, -0.25) is 0 Å². The Morgan fingerprint density at radius 3 is 2.43 bits per heavy atom. The summed E-state index contributed by atoms with van der Waals surface area (Å²) in [4.78, 5) is 0. The number of hydrogen-bond acceptors (Lipinski definition) is 1. The lowest BCUT2D eigenvalue weighted by atomic mass is 10.0. The highest BCUT2D eigenvalue weighted by Crippen LogP contribution is 2.15. The number of allylic oxidation sites excluding steroid dienone is 1. The van der Waals surface area contributed by atoms with Crippen molar-refractivity contribution >= 4 is 9.24 Å². The van der Waals surface area contributed by atoms with Gasteiger partial charge >= 0.3 is 0 Å². The summed E-state index contributed by atoms with van der Waals surface area (Å²) in [5.74, 6) is 0.602. The van der Waals surface area contributed by atoms with Crippen LogP contribution in [-0.4, -0.2) is 6.61 Å². The summed E-state index contributed by atoms with van der Waals surface area (Å²) in [5, 5.41) is 0. The van der Waals surface area contributed by atoms with E-state index in [-0.39, 0.29) is 0 Å². The van der Waals surface area contributed by atoms with E-state index in [1.54, 1.807) is 0 Å². The Labute approximate surface area is 91.8 Å². The second-order valence-corrected chi connectivity index (χ2v) is 3.60. The fourth-order valence-corrected chi connectivity index (χ4v) is 1.23. The highest BCUT2D eigenvalue weighted by Gasteiger charge is 2.05. The molecule has 0 fully saturated rings. The van der Waals surface area contributed by atoms with E-state index in [4.69, 9.17) is 4.74 Å². The first kappa shape index (κ1) is 16.2. The largest absolute Gasteiger partial charge is 0.494 e. The van der Waals surface area contributed by atoms with Crippen LogP contribution in [0.5, 0.6) is 0 Å². The Kier molecular flexibility index (Phi) is 14.7. The van der Waals surface area contributed by atoms with Crippen LogP contribution in [0.25, 0.3) is 0 Å². The van der Waals surface area contributed by atoms with Crippen molar-refractivity contribution in [1.82, 2.24) is 0 Å². The molecule has 2 atom stereocenters. The van der Waals surface area contributed by atoms with Gasteiger partial charge in [-0.1, -0.05) is 49.1 Å². The summed E-state index contributed by atoms with van der Waals surface area (Å²) < 4.78 is 5.33. The minimum absolute atomic E-state index is 0.602. The van der Waals surface area contributed by atoms with Gasteiger partial charge in [-0.05, 0) is 18.8 Å². The van der Waals surface area contributed by atoms with Crippen LogP contribution in [0.4, 0.5) is 0 Å². The molecule has 0 aliphatic rings. The molecule has 2 unspecified atom stereocenters. The molecule has 0 saturated carbocycles. The molecule has 0 aliphatic heterocycles. The van der Waals surface area contributed by atoms with Crippen LogP contribution >= 0.6 is 9.24 Å². The van der Waals surface area contributed by atoms with Crippen molar-refractivity contribution in [1.29, 1.82) is 0 Å². The molecule has 0 aromatic heterocycles. The molecule has 0 bridgehead atoms. The minimum Gasteiger partial charge on any atom is -0.494 e. The fourth-order valence-electron chi connectivity index (χ4n) is 1.14. The van der Waals surface area contributed by atoms with Crippen molar-refractivity contribution in [3.8, 4) is 0 Å². The highest BCUT2D eigenvalue weighted by atomic mass is 31.0. The van der Waals surface area contributed by atoms with Crippen LogP contribution in [0, 0.1) is 5.92 Å². The Balaban J connectivity index is 0. The van der Waals surface area contributed by atoms with Gasteiger partial charge in [0.15, 0.2) is 0 Å². The monoisotopic (exact) mass is 216 g/mol. The summed E-state index contributed by atoms with van der Waals surface area (Å²) in [7, 11) is 2.45. The van der Waals surface area contributed by atoms with Gasteiger partial charge in [0.05, 0.1) is 6.61 Å². The SMILES string of the molecule is C=CCC(CCC)COC(=C)P.CC. The average molecular weight is 216 g/mol. The third-order valence-corrected chi connectivity index (χ3v) is 1.87. The zero-order valence-electron chi connectivity index (χ0n) is 9.88. The van der Waals surface area contributed by atoms with E-state index in [0.717, 1.165) is 18.5 Å². The summed E-state index contributed by atoms with van der Waals surface area (Å²) in [5.41, 5.74) is 0.722. The molecule has 14 heavy (non-hydrogen) atoms. The minimum atomic E-state index is 0.602. The molecule has 0 aliphatic carbocycles. The van der Waals surface area contributed by atoms with Crippen molar-refractivity contribution in [2.75, 3.05) is 6.61 Å². The number of ether oxygens (including phenoxy) is 1. The molecular weight excluding hydrogens is 191 g/mol. The van der Waals surface area contributed by atoms with Gasteiger partial charge in [-0.2, -0.15) is 0 Å². The molecule has 0 radical (unpaired) electrons. The predicted molar refractivity (Wildman–Crippen MR) is 69.4 cm³/mol. The van der Waals surface area contributed by atoms with Gasteiger partial charge in [0.25, 0.3) is 0 Å². The topological polar surface area (TPSA) is 9.23 Å². The highest BCUT2D eigenvalue weighted by molar-refractivity contribution is 7.21. The van der Waals surface area contributed by atoms with Crippen LogP contribution in [-0.2, 0) is 4.74 Å². The first-order valence-electron chi connectivity index (χ1n) is 5.38. The second-order valence-electron chi connectivity index (χ2n) is 2.96. The van der Waals surface area contributed by atoms with Gasteiger partial charge in [0, 0.05) is 0 Å². The van der Waals surface area contributed by atoms with Crippen LogP contribution in [0.3, 0.4) is 0 Å². The number of rotatable bonds is 7. The van der Waals surface area contributed by atoms with E-state index >= 15 is 0 Å². The molecule has 1 nitrogen and oxygen atoms in total. The molecule has 0 spiro atoms. The lowest BCUT2D eigenvalue weighted by Crippen LogP contribution is -2.07. The van der Waals surface area contributed by atoms with Crippen LogP contribution in [0.1, 0.15) is 40.0 Å². The zero-order chi connectivity index (χ0) is 11.4. The molecule has 0 N–H and O–H groups in total. The van der Waals surface area contributed by atoms with Gasteiger partial charge in [0.2, 0.25) is 0 Å². The van der Waals surface area contributed by atoms with Crippen LogP contribution in [0.15, 0.2) is 24.7 Å². The summed E-state index contributed by atoms with van der Waals surface area (Å²) >= 11 is 0. The predicted octanol–water partition coefficient (Wildman–Crippen LogP) is 4.37. The maximum absolute atomic E-state index is 5.33. The van der Waals surface area contributed by atoms with Crippen LogP contribution in [0.2, 0.25) is 0 Å². The van der Waals surface area contributed by atoms with E-state index in [2.05, 4.69) is 29.3 Å². The molecular formula is C12H25OP. The molecule has 0 saturated heterocycles. The zero-order valence-corrected chi connectivity index (χ0v) is 11.0. The van der Waals surface area contributed by atoms with Crippen molar-refractivity contribution in [2.24, 2.45) is 5.92 Å². The van der Waals surface area contributed by atoms with E-state index in [1.165, 1.54) is 12.8 Å². The summed E-state index contributed by atoms with van der Waals surface area (Å²) in [6.07, 6.45) is 5.39. The third kappa shape index (κ3) is 11.7. The van der Waals surface area contributed by atoms with Gasteiger partial charge < -0.3 is 4.74 Å². The van der Waals surface area contributed by atoms with Gasteiger partial charge in [-0.15, -0.1) is 6.58 Å². The molecule has 0 aromatic carbocycles. The van der Waals surface area contributed by atoms with Crippen molar-refractivity contribution < 1.29 is 4.74 Å². The Hall–Kier alpha value is -0.290. The van der Waals surface area contributed by atoms with E-state index < -0.39 is 0 Å². The Morgan fingerprint density at radius 1 is 1.50 bits per heavy atom. The van der Waals surface area contributed by atoms with E-state index in [0.29, 0.717) is 5.92 Å². The van der Waals surface area contributed by atoms with E-state index in [1.807, 2.05) is 19.9 Å². The average Bonchev–Trinajstić information content (AvgIpc) is 2.18. The molecule has 2 heteroatoms.